The quantitative estimate of drug-likeness (QED) is 0.574. The lowest BCUT2D eigenvalue weighted by atomic mass is 9.97. The predicted octanol–water partition coefficient (Wildman–Crippen LogP) is 1.40. The summed E-state index contributed by atoms with van der Waals surface area (Å²) in [6.07, 6.45) is 6.13. The van der Waals surface area contributed by atoms with Gasteiger partial charge in [0.15, 0.2) is 5.96 Å². The van der Waals surface area contributed by atoms with Crippen molar-refractivity contribution in [1.82, 2.24) is 24.9 Å². The van der Waals surface area contributed by atoms with Crippen molar-refractivity contribution < 1.29 is 4.79 Å². The maximum atomic E-state index is 12.7. The number of nitrogens with zero attached hydrogens (tertiary/aromatic N) is 6. The minimum absolute atomic E-state index is 0.0932. The Morgan fingerprint density at radius 3 is 2.83 bits per heavy atom. The van der Waals surface area contributed by atoms with Crippen LogP contribution in [-0.2, 0) is 11.8 Å². The van der Waals surface area contributed by atoms with Gasteiger partial charge < -0.3 is 20.0 Å². The van der Waals surface area contributed by atoms with E-state index in [0.717, 1.165) is 37.8 Å². The Morgan fingerprint density at radius 1 is 1.34 bits per heavy atom. The Morgan fingerprint density at radius 2 is 2.17 bits per heavy atom. The van der Waals surface area contributed by atoms with Crippen LogP contribution in [0.25, 0.3) is 0 Å². The average Bonchev–Trinajstić information content (AvgIpc) is 3.11. The normalized spacial score (nSPS) is 21.9. The van der Waals surface area contributed by atoms with E-state index in [0.29, 0.717) is 24.9 Å². The third-order valence-corrected chi connectivity index (χ3v) is 5.58. The number of piperazine rings is 1. The van der Waals surface area contributed by atoms with Gasteiger partial charge in [0.05, 0.1) is 11.9 Å². The van der Waals surface area contributed by atoms with E-state index >= 15 is 0 Å². The topological polar surface area (TPSA) is 69.0 Å². The minimum atomic E-state index is 0.0932. The summed E-state index contributed by atoms with van der Waals surface area (Å²) in [7, 11) is 1.87. The molecule has 2 aliphatic rings. The first-order valence-electron chi connectivity index (χ1n) is 11.0. The number of piperidine rings is 1. The summed E-state index contributed by atoms with van der Waals surface area (Å²) in [6.45, 7) is 13.6. The second kappa shape index (κ2) is 10.1. The van der Waals surface area contributed by atoms with Crippen molar-refractivity contribution in [2.24, 2.45) is 23.9 Å². The fourth-order valence-corrected chi connectivity index (χ4v) is 4.30. The van der Waals surface area contributed by atoms with Crippen LogP contribution >= 0.6 is 0 Å². The number of carbonyl (C=O) groups is 1. The Bertz CT molecular complexity index is 699. The highest BCUT2D eigenvalue weighted by atomic mass is 16.2. The summed E-state index contributed by atoms with van der Waals surface area (Å²) in [5.41, 5.74) is 0.867. The van der Waals surface area contributed by atoms with Crippen molar-refractivity contribution in [2.75, 3.05) is 57.3 Å². The minimum Gasteiger partial charge on any atom is -0.357 e. The summed E-state index contributed by atoms with van der Waals surface area (Å²) in [6, 6.07) is 0. The molecule has 3 rings (SSSR count). The van der Waals surface area contributed by atoms with Gasteiger partial charge in [-0.3, -0.25) is 14.5 Å². The first kappa shape index (κ1) is 21.6. The number of hydrogen-bond acceptors (Lipinski definition) is 4. The summed E-state index contributed by atoms with van der Waals surface area (Å²) < 4.78 is 1.73. The number of carbonyl (C=O) groups excluding carboxylic acids is 1. The number of amides is 1. The second-order valence-corrected chi connectivity index (χ2v) is 8.70. The number of nitrogens with one attached hydrogen (secondary N) is 1. The van der Waals surface area contributed by atoms with Crippen molar-refractivity contribution in [2.45, 2.75) is 33.6 Å². The molecule has 8 nitrogen and oxygen atoms in total. The van der Waals surface area contributed by atoms with Crippen molar-refractivity contribution in [3.8, 4) is 0 Å². The Hall–Kier alpha value is -2.09. The van der Waals surface area contributed by atoms with E-state index in [-0.39, 0.29) is 5.91 Å². The van der Waals surface area contributed by atoms with E-state index in [9.17, 15) is 4.79 Å². The number of aromatic nitrogens is 2. The predicted molar refractivity (Wildman–Crippen MR) is 117 cm³/mol. The molecule has 0 aliphatic carbocycles. The van der Waals surface area contributed by atoms with Gasteiger partial charge in [-0.1, -0.05) is 13.8 Å². The number of aryl methyl sites for hydroxylation is 1. The lowest BCUT2D eigenvalue weighted by Crippen LogP contribution is -2.55. The molecule has 162 valence electrons. The monoisotopic (exact) mass is 403 g/mol. The lowest BCUT2D eigenvalue weighted by Gasteiger charge is -2.36. The largest absolute Gasteiger partial charge is 0.357 e. The van der Waals surface area contributed by atoms with Gasteiger partial charge in [0.1, 0.15) is 6.54 Å². The molecule has 1 amide bonds. The molecule has 1 N–H and O–H groups in total. The summed E-state index contributed by atoms with van der Waals surface area (Å²) >= 11 is 0. The van der Waals surface area contributed by atoms with Gasteiger partial charge in [-0.2, -0.15) is 5.10 Å². The maximum absolute atomic E-state index is 12.7. The average molecular weight is 404 g/mol. The molecule has 2 aliphatic heterocycles. The van der Waals surface area contributed by atoms with Gasteiger partial charge in [0.25, 0.3) is 0 Å². The number of hydrogen-bond donors (Lipinski definition) is 1. The fraction of sp³-hybridized carbons (Fsp3) is 0.762. The zero-order valence-corrected chi connectivity index (χ0v) is 18.5. The highest BCUT2D eigenvalue weighted by molar-refractivity contribution is 5.98. The van der Waals surface area contributed by atoms with Gasteiger partial charge in [0, 0.05) is 52.5 Å². The van der Waals surface area contributed by atoms with E-state index in [1.165, 1.54) is 25.9 Å². The van der Waals surface area contributed by atoms with Gasteiger partial charge in [-0.05, 0) is 38.1 Å². The van der Waals surface area contributed by atoms with Crippen LogP contribution in [0.5, 0.6) is 0 Å². The Balaban J connectivity index is 1.58. The number of guanidine groups is 1. The van der Waals surface area contributed by atoms with E-state index in [1.54, 1.807) is 10.9 Å². The van der Waals surface area contributed by atoms with E-state index in [1.807, 2.05) is 18.1 Å². The molecular weight excluding hydrogens is 366 g/mol. The molecule has 1 unspecified atom stereocenters. The number of aliphatic imine (C=N–C) groups is 1. The van der Waals surface area contributed by atoms with Crippen molar-refractivity contribution in [3.63, 3.8) is 0 Å². The van der Waals surface area contributed by atoms with Gasteiger partial charge in [0.2, 0.25) is 5.91 Å². The molecule has 0 saturated carbocycles. The van der Waals surface area contributed by atoms with E-state index < -0.39 is 0 Å². The highest BCUT2D eigenvalue weighted by Gasteiger charge is 2.28. The molecule has 3 heterocycles. The molecule has 0 radical (unpaired) electrons. The summed E-state index contributed by atoms with van der Waals surface area (Å²) in [5, 5.41) is 7.57. The number of rotatable bonds is 6. The van der Waals surface area contributed by atoms with Crippen LogP contribution in [-0.4, -0.2) is 83.8 Å². The highest BCUT2D eigenvalue weighted by Crippen LogP contribution is 2.19. The summed E-state index contributed by atoms with van der Waals surface area (Å²) in [4.78, 5) is 24.1. The third-order valence-electron chi connectivity index (χ3n) is 5.58. The van der Waals surface area contributed by atoms with Crippen LogP contribution < -0.4 is 10.2 Å². The molecule has 1 aromatic heterocycles. The Kier molecular flexibility index (Phi) is 7.52. The zero-order chi connectivity index (χ0) is 20.8. The molecule has 2 saturated heterocycles. The van der Waals surface area contributed by atoms with Crippen LogP contribution in [0.1, 0.15) is 33.6 Å². The molecule has 1 atom stereocenters. The van der Waals surface area contributed by atoms with Crippen molar-refractivity contribution >= 4 is 17.6 Å². The number of anilines is 1. The fourth-order valence-electron chi connectivity index (χ4n) is 4.30. The molecule has 8 heteroatoms. The van der Waals surface area contributed by atoms with Crippen LogP contribution in [0, 0.1) is 11.8 Å². The molecule has 1 aromatic rings. The first-order chi connectivity index (χ1) is 14.0. The van der Waals surface area contributed by atoms with E-state index in [4.69, 9.17) is 4.99 Å². The van der Waals surface area contributed by atoms with E-state index in [2.05, 4.69) is 41.0 Å². The van der Waals surface area contributed by atoms with Crippen molar-refractivity contribution in [3.05, 3.63) is 12.4 Å². The smallest absolute Gasteiger partial charge is 0.246 e. The van der Waals surface area contributed by atoms with Gasteiger partial charge >= 0.3 is 0 Å². The first-order valence-corrected chi connectivity index (χ1v) is 11.0. The molecule has 2 fully saturated rings. The van der Waals surface area contributed by atoms with Gasteiger partial charge in [-0.15, -0.1) is 0 Å². The molecule has 0 aromatic carbocycles. The SMILES string of the molecule is CCNC(=NCC1CCCN(CC(C)C)C1)N1CCN(c2cnn(C)c2)C(=O)C1. The van der Waals surface area contributed by atoms with Gasteiger partial charge in [-0.25, -0.2) is 0 Å². The van der Waals surface area contributed by atoms with Crippen LogP contribution in [0.2, 0.25) is 0 Å². The van der Waals surface area contributed by atoms with Crippen LogP contribution in [0.4, 0.5) is 5.69 Å². The van der Waals surface area contributed by atoms with Crippen LogP contribution in [0.3, 0.4) is 0 Å². The Labute approximate surface area is 174 Å². The maximum Gasteiger partial charge on any atom is 0.246 e. The zero-order valence-electron chi connectivity index (χ0n) is 18.5. The lowest BCUT2D eigenvalue weighted by molar-refractivity contribution is -0.120. The van der Waals surface area contributed by atoms with Crippen LogP contribution in [0.15, 0.2) is 17.4 Å². The number of likely N-dealkylation sites (tertiary alicyclic amines) is 1. The second-order valence-electron chi connectivity index (χ2n) is 8.70. The molecule has 0 bridgehead atoms. The molecular formula is C21H37N7O. The molecule has 0 spiro atoms. The summed E-state index contributed by atoms with van der Waals surface area (Å²) in [5.74, 6) is 2.27. The standard InChI is InChI=1S/C21H37N7O/c1-5-22-21(23-11-18-7-6-8-26(14-18)13-17(2)3)27-9-10-28(20(29)16-27)19-12-24-25(4)15-19/h12,15,17-18H,5-11,13-14,16H2,1-4H3,(H,22,23). The third kappa shape index (κ3) is 5.95. The van der Waals surface area contributed by atoms with Crippen molar-refractivity contribution in [1.29, 1.82) is 0 Å². The molecule has 29 heavy (non-hydrogen) atoms.